The van der Waals surface area contributed by atoms with E-state index >= 15 is 0 Å². The molecule has 0 heterocycles. The smallest absolute Gasteiger partial charge is 0.301 e. The summed E-state index contributed by atoms with van der Waals surface area (Å²) in [4.78, 5) is 0. The van der Waals surface area contributed by atoms with Gasteiger partial charge in [-0.25, -0.2) is 0 Å². The highest BCUT2D eigenvalue weighted by atomic mass is 19.4. The molecule has 1 atom stereocenters. The number of halogens is 3. The zero-order chi connectivity index (χ0) is 12.2. The van der Waals surface area contributed by atoms with Gasteiger partial charge in [-0.15, -0.1) is 0 Å². The predicted octanol–water partition coefficient (Wildman–Crippen LogP) is 4.03. The van der Waals surface area contributed by atoms with Gasteiger partial charge in [0, 0.05) is 6.04 Å². The van der Waals surface area contributed by atoms with E-state index in [1.54, 1.807) is 0 Å². The van der Waals surface area contributed by atoms with Gasteiger partial charge in [-0.2, -0.15) is 13.2 Å². The molecular weight excluding hydrogens is 215 g/mol. The maximum absolute atomic E-state index is 12.6. The van der Waals surface area contributed by atoms with Crippen molar-refractivity contribution in [1.29, 1.82) is 0 Å². The van der Waals surface area contributed by atoms with Crippen molar-refractivity contribution in [2.75, 3.05) is 0 Å². The van der Waals surface area contributed by atoms with Gasteiger partial charge >= 0.3 is 6.18 Å². The van der Waals surface area contributed by atoms with Crippen molar-refractivity contribution < 1.29 is 13.2 Å². The van der Waals surface area contributed by atoms with Gasteiger partial charge in [0.2, 0.25) is 0 Å². The molecule has 0 aromatic heterocycles. The van der Waals surface area contributed by atoms with Crippen molar-refractivity contribution in [3.63, 3.8) is 0 Å². The second-order valence-corrected chi connectivity index (χ2v) is 4.97. The molecule has 0 amide bonds. The van der Waals surface area contributed by atoms with Crippen molar-refractivity contribution in [3.05, 3.63) is 0 Å². The summed E-state index contributed by atoms with van der Waals surface area (Å²) < 4.78 is 37.9. The number of hydrogen-bond donors (Lipinski definition) is 1. The minimum Gasteiger partial charge on any atom is -0.301 e. The topological polar surface area (TPSA) is 12.0 Å². The molecule has 1 aliphatic rings. The normalized spacial score (nSPS) is 20.8. The van der Waals surface area contributed by atoms with Gasteiger partial charge in [-0.3, -0.25) is 0 Å². The molecule has 1 fully saturated rings. The number of nitrogens with one attached hydrogen (secondary N) is 1. The van der Waals surface area contributed by atoms with E-state index in [2.05, 4.69) is 12.2 Å². The van der Waals surface area contributed by atoms with Gasteiger partial charge in [-0.05, 0) is 26.2 Å². The average Bonchev–Trinajstić information content (AvgIpc) is 2.92. The molecule has 1 saturated carbocycles. The van der Waals surface area contributed by atoms with E-state index in [9.17, 15) is 13.2 Å². The predicted molar refractivity (Wildman–Crippen MR) is 59.4 cm³/mol. The lowest BCUT2D eigenvalue weighted by molar-refractivity contribution is -0.167. The van der Waals surface area contributed by atoms with Crippen LogP contribution >= 0.6 is 0 Å². The molecule has 0 radical (unpaired) electrons. The number of unbranched alkanes of at least 4 members (excludes halogenated alkanes) is 3. The van der Waals surface area contributed by atoms with Crippen molar-refractivity contribution in [2.24, 2.45) is 0 Å². The van der Waals surface area contributed by atoms with Gasteiger partial charge in [0.15, 0.2) is 0 Å². The third-order valence-electron chi connectivity index (χ3n) is 3.31. The molecule has 96 valence electrons. The standard InChI is InChI=1S/C12H22F3N/c1-3-4-5-6-7-10(2)16-11(8-9-11)12(13,14)15/h10,16H,3-9H2,1-2H3. The molecule has 4 heteroatoms. The molecule has 0 aliphatic heterocycles. The quantitative estimate of drug-likeness (QED) is 0.659. The van der Waals surface area contributed by atoms with Crippen LogP contribution in [0.2, 0.25) is 0 Å². The Morgan fingerprint density at radius 2 is 1.81 bits per heavy atom. The van der Waals surface area contributed by atoms with E-state index < -0.39 is 11.7 Å². The lowest BCUT2D eigenvalue weighted by Gasteiger charge is -2.25. The zero-order valence-corrected chi connectivity index (χ0v) is 10.2. The molecule has 0 saturated heterocycles. The third-order valence-corrected chi connectivity index (χ3v) is 3.31. The maximum atomic E-state index is 12.6. The van der Waals surface area contributed by atoms with E-state index in [0.717, 1.165) is 25.7 Å². The fourth-order valence-electron chi connectivity index (χ4n) is 2.06. The Hall–Kier alpha value is -0.250. The van der Waals surface area contributed by atoms with E-state index in [1.807, 2.05) is 6.92 Å². The van der Waals surface area contributed by atoms with Crippen molar-refractivity contribution >= 4 is 0 Å². The molecule has 0 bridgehead atoms. The third kappa shape index (κ3) is 3.65. The first-order valence-electron chi connectivity index (χ1n) is 6.26. The van der Waals surface area contributed by atoms with Crippen LogP contribution in [0.4, 0.5) is 13.2 Å². The highest BCUT2D eigenvalue weighted by Crippen LogP contribution is 2.49. The van der Waals surface area contributed by atoms with Crippen molar-refractivity contribution in [2.45, 2.75) is 76.6 Å². The lowest BCUT2D eigenvalue weighted by Crippen LogP contribution is -2.48. The first-order chi connectivity index (χ1) is 7.41. The summed E-state index contributed by atoms with van der Waals surface area (Å²) in [5, 5.41) is 2.76. The Labute approximate surface area is 95.8 Å². The Bertz CT molecular complexity index is 209. The van der Waals surface area contributed by atoms with Crippen LogP contribution < -0.4 is 5.32 Å². The SMILES string of the molecule is CCCCCCC(C)NC1(C(F)(F)F)CC1. The van der Waals surface area contributed by atoms with Crippen LogP contribution in [0.5, 0.6) is 0 Å². The van der Waals surface area contributed by atoms with Crippen LogP contribution in [0.3, 0.4) is 0 Å². The Morgan fingerprint density at radius 1 is 1.19 bits per heavy atom. The summed E-state index contributed by atoms with van der Waals surface area (Å²) >= 11 is 0. The summed E-state index contributed by atoms with van der Waals surface area (Å²) in [6.07, 6.45) is 1.75. The second kappa shape index (κ2) is 5.39. The van der Waals surface area contributed by atoms with Crippen LogP contribution in [-0.2, 0) is 0 Å². The minimum absolute atomic E-state index is 0.0269. The van der Waals surface area contributed by atoms with Gasteiger partial charge in [0.1, 0.15) is 5.54 Å². The minimum atomic E-state index is -4.08. The maximum Gasteiger partial charge on any atom is 0.406 e. The summed E-state index contributed by atoms with van der Waals surface area (Å²) in [5.74, 6) is 0. The van der Waals surface area contributed by atoms with E-state index in [1.165, 1.54) is 6.42 Å². The van der Waals surface area contributed by atoms with Gasteiger partial charge in [0.05, 0.1) is 0 Å². The summed E-state index contributed by atoms with van der Waals surface area (Å²) in [7, 11) is 0. The van der Waals surface area contributed by atoms with Crippen LogP contribution in [0.15, 0.2) is 0 Å². The van der Waals surface area contributed by atoms with E-state index in [4.69, 9.17) is 0 Å². The monoisotopic (exact) mass is 237 g/mol. The summed E-state index contributed by atoms with van der Waals surface area (Å²) in [6, 6.07) is -0.0269. The molecule has 1 aliphatic carbocycles. The number of alkyl halides is 3. The van der Waals surface area contributed by atoms with Gasteiger partial charge in [0.25, 0.3) is 0 Å². The fraction of sp³-hybridized carbons (Fsp3) is 1.00. The number of hydrogen-bond acceptors (Lipinski definition) is 1. The first kappa shape index (κ1) is 13.8. The molecule has 0 aromatic rings. The van der Waals surface area contributed by atoms with Crippen LogP contribution in [0.25, 0.3) is 0 Å². The average molecular weight is 237 g/mol. The Kier molecular flexibility index (Phi) is 4.65. The van der Waals surface area contributed by atoms with Gasteiger partial charge in [-0.1, -0.05) is 32.6 Å². The molecule has 16 heavy (non-hydrogen) atoms. The Balaban J connectivity index is 2.22. The molecule has 1 N–H and O–H groups in total. The molecule has 1 rings (SSSR count). The largest absolute Gasteiger partial charge is 0.406 e. The van der Waals surface area contributed by atoms with Crippen molar-refractivity contribution in [3.8, 4) is 0 Å². The van der Waals surface area contributed by atoms with E-state index in [0.29, 0.717) is 0 Å². The zero-order valence-electron chi connectivity index (χ0n) is 10.2. The van der Waals surface area contributed by atoms with E-state index in [-0.39, 0.29) is 18.9 Å². The fourth-order valence-corrected chi connectivity index (χ4v) is 2.06. The summed E-state index contributed by atoms with van der Waals surface area (Å²) in [5.41, 5.74) is -1.54. The van der Waals surface area contributed by atoms with Crippen LogP contribution in [0.1, 0.15) is 58.8 Å². The highest BCUT2D eigenvalue weighted by molar-refractivity contribution is 5.08. The van der Waals surface area contributed by atoms with Crippen molar-refractivity contribution in [1.82, 2.24) is 5.32 Å². The molecule has 0 aromatic carbocycles. The second-order valence-electron chi connectivity index (χ2n) is 4.97. The van der Waals surface area contributed by atoms with Crippen LogP contribution in [-0.4, -0.2) is 17.8 Å². The highest BCUT2D eigenvalue weighted by Gasteiger charge is 2.63. The molecule has 0 spiro atoms. The van der Waals surface area contributed by atoms with Gasteiger partial charge < -0.3 is 5.32 Å². The first-order valence-corrected chi connectivity index (χ1v) is 6.26. The number of rotatable bonds is 7. The lowest BCUT2D eigenvalue weighted by atomic mass is 10.1. The van der Waals surface area contributed by atoms with Crippen LogP contribution in [0, 0.1) is 0 Å². The molecular formula is C12H22F3N. The molecule has 1 nitrogen and oxygen atoms in total. The molecule has 1 unspecified atom stereocenters. The Morgan fingerprint density at radius 3 is 2.25 bits per heavy atom. The summed E-state index contributed by atoms with van der Waals surface area (Å²) in [6.45, 7) is 3.99.